The van der Waals surface area contributed by atoms with Crippen LogP contribution in [0.2, 0.25) is 0 Å². The maximum atomic E-state index is 12.4. The van der Waals surface area contributed by atoms with Crippen molar-refractivity contribution in [1.29, 1.82) is 0 Å². The summed E-state index contributed by atoms with van der Waals surface area (Å²) in [6.07, 6.45) is 1.87. The molecule has 4 N–H and O–H groups in total. The predicted molar refractivity (Wildman–Crippen MR) is 109 cm³/mol. The van der Waals surface area contributed by atoms with E-state index in [0.717, 1.165) is 25.1 Å². The smallest absolute Gasteiger partial charge is 0.324 e. The lowest BCUT2D eigenvalue weighted by Gasteiger charge is -2.28. The number of rotatable bonds is 4. The number of amides is 3. The Morgan fingerprint density at radius 2 is 1.88 bits per heavy atom. The Balaban J connectivity index is 0.00000243. The van der Waals surface area contributed by atoms with E-state index < -0.39 is 0 Å². The van der Waals surface area contributed by atoms with E-state index in [-0.39, 0.29) is 30.4 Å². The lowest BCUT2D eigenvalue weighted by molar-refractivity contribution is 0.0930. The number of piperidine rings is 1. The van der Waals surface area contributed by atoms with E-state index in [4.69, 9.17) is 0 Å². The Morgan fingerprint density at radius 1 is 1.12 bits per heavy atom. The van der Waals surface area contributed by atoms with Crippen molar-refractivity contribution in [2.75, 3.05) is 17.2 Å². The third-order valence-electron chi connectivity index (χ3n) is 4.06. The maximum absolute atomic E-state index is 12.4. The molecule has 26 heavy (non-hydrogen) atoms. The summed E-state index contributed by atoms with van der Waals surface area (Å²) in [4.78, 5) is 24.9. The number of anilines is 2. The summed E-state index contributed by atoms with van der Waals surface area (Å²) in [7, 11) is 0. The number of carbonyl (C=O) groups excluding carboxylic acids is 2. The van der Waals surface area contributed by atoms with Crippen LogP contribution >= 0.6 is 23.7 Å². The number of benzene rings is 1. The number of carbonyl (C=O) groups is 2. The number of halogens is 1. The van der Waals surface area contributed by atoms with E-state index in [1.165, 1.54) is 11.3 Å². The van der Waals surface area contributed by atoms with Gasteiger partial charge in [-0.05, 0) is 50.6 Å². The van der Waals surface area contributed by atoms with Crippen molar-refractivity contribution in [1.82, 2.24) is 10.6 Å². The molecular formula is C18H23ClN4O2S. The molecule has 8 heteroatoms. The molecule has 2 aromatic rings. The third kappa shape index (κ3) is 5.72. The SMILES string of the molecule is CC1CC(NC(=O)c2ccc(NC(=O)Nc3ccccc3)s2)CCN1.Cl. The van der Waals surface area contributed by atoms with Gasteiger partial charge >= 0.3 is 6.03 Å². The molecule has 0 aliphatic carbocycles. The van der Waals surface area contributed by atoms with E-state index in [0.29, 0.717) is 15.9 Å². The minimum absolute atomic E-state index is 0. The van der Waals surface area contributed by atoms with Crippen LogP contribution < -0.4 is 21.3 Å². The highest BCUT2D eigenvalue weighted by atomic mass is 35.5. The highest BCUT2D eigenvalue weighted by molar-refractivity contribution is 7.18. The normalized spacial score (nSPS) is 19.1. The van der Waals surface area contributed by atoms with Gasteiger partial charge in [0.25, 0.3) is 5.91 Å². The van der Waals surface area contributed by atoms with Gasteiger partial charge in [-0.15, -0.1) is 23.7 Å². The monoisotopic (exact) mass is 394 g/mol. The number of hydrogen-bond acceptors (Lipinski definition) is 4. The number of para-hydroxylation sites is 1. The molecule has 1 aromatic carbocycles. The molecule has 0 spiro atoms. The Bertz CT molecular complexity index is 738. The second-order valence-corrected chi connectivity index (χ2v) is 7.24. The van der Waals surface area contributed by atoms with Crippen molar-refractivity contribution in [3.63, 3.8) is 0 Å². The third-order valence-corrected chi connectivity index (χ3v) is 5.06. The number of hydrogen-bond donors (Lipinski definition) is 4. The molecule has 6 nitrogen and oxygen atoms in total. The minimum atomic E-state index is -0.327. The molecule has 1 aliphatic rings. The first-order chi connectivity index (χ1) is 12.1. The summed E-state index contributed by atoms with van der Waals surface area (Å²) in [6.45, 7) is 3.04. The first-order valence-corrected chi connectivity index (χ1v) is 9.19. The number of thiophene rings is 1. The van der Waals surface area contributed by atoms with E-state index in [1.807, 2.05) is 30.3 Å². The van der Waals surface area contributed by atoms with Crippen molar-refractivity contribution in [3.8, 4) is 0 Å². The largest absolute Gasteiger partial charge is 0.349 e. The van der Waals surface area contributed by atoms with E-state index in [9.17, 15) is 9.59 Å². The molecule has 0 saturated carbocycles. The molecule has 0 bridgehead atoms. The van der Waals surface area contributed by atoms with Crippen LogP contribution in [0.5, 0.6) is 0 Å². The Hall–Kier alpha value is -2.09. The maximum Gasteiger partial charge on any atom is 0.324 e. The summed E-state index contributed by atoms with van der Waals surface area (Å²) in [5, 5.41) is 12.6. The molecule has 0 radical (unpaired) electrons. The molecule has 140 valence electrons. The molecule has 2 atom stereocenters. The molecule has 3 amide bonds. The fourth-order valence-corrected chi connectivity index (χ4v) is 3.65. The van der Waals surface area contributed by atoms with Crippen LogP contribution in [0.1, 0.15) is 29.4 Å². The molecular weight excluding hydrogens is 372 g/mol. The highest BCUT2D eigenvalue weighted by Gasteiger charge is 2.21. The lowest BCUT2D eigenvalue weighted by Crippen LogP contribution is -2.46. The van der Waals surface area contributed by atoms with Gasteiger partial charge in [-0.2, -0.15) is 0 Å². The second-order valence-electron chi connectivity index (χ2n) is 6.16. The van der Waals surface area contributed by atoms with Gasteiger partial charge in [-0.1, -0.05) is 18.2 Å². The van der Waals surface area contributed by atoms with Gasteiger partial charge in [0.15, 0.2) is 0 Å². The average Bonchev–Trinajstić information content (AvgIpc) is 3.04. The predicted octanol–water partition coefficient (Wildman–Crippen LogP) is 3.68. The van der Waals surface area contributed by atoms with Crippen molar-refractivity contribution in [2.45, 2.75) is 31.8 Å². The first kappa shape index (κ1) is 20.2. The highest BCUT2D eigenvalue weighted by Crippen LogP contribution is 2.22. The van der Waals surface area contributed by atoms with Crippen molar-refractivity contribution in [3.05, 3.63) is 47.3 Å². The van der Waals surface area contributed by atoms with Crippen LogP contribution in [0.4, 0.5) is 15.5 Å². The summed E-state index contributed by atoms with van der Waals surface area (Å²) in [5.74, 6) is -0.0828. The van der Waals surface area contributed by atoms with Crippen LogP contribution in [0.15, 0.2) is 42.5 Å². The standard InChI is InChI=1S/C18H22N4O2S.ClH/c1-12-11-14(9-10-19-12)20-17(23)15-7-8-16(25-15)22-18(24)21-13-5-3-2-4-6-13;/h2-8,12,14,19H,9-11H2,1H3,(H,20,23)(H2,21,22,24);1H. The van der Waals surface area contributed by atoms with Crippen molar-refractivity contribution >= 4 is 46.4 Å². The quantitative estimate of drug-likeness (QED) is 0.638. The van der Waals surface area contributed by atoms with Gasteiger partial charge in [0, 0.05) is 17.8 Å². The number of nitrogens with one attached hydrogen (secondary N) is 4. The van der Waals surface area contributed by atoms with Crippen molar-refractivity contribution < 1.29 is 9.59 Å². The van der Waals surface area contributed by atoms with Gasteiger partial charge in [-0.25, -0.2) is 4.79 Å². The van der Waals surface area contributed by atoms with E-state index in [1.54, 1.807) is 12.1 Å². The lowest BCUT2D eigenvalue weighted by atomic mass is 10.0. The van der Waals surface area contributed by atoms with Gasteiger partial charge in [0.05, 0.1) is 9.88 Å². The Morgan fingerprint density at radius 3 is 2.62 bits per heavy atom. The zero-order chi connectivity index (χ0) is 17.6. The number of urea groups is 1. The van der Waals surface area contributed by atoms with Crippen LogP contribution in [0.3, 0.4) is 0 Å². The summed E-state index contributed by atoms with van der Waals surface area (Å²) in [6, 6.07) is 13.0. The van der Waals surface area contributed by atoms with Crippen LogP contribution in [-0.4, -0.2) is 30.6 Å². The van der Waals surface area contributed by atoms with Crippen molar-refractivity contribution in [2.24, 2.45) is 0 Å². The van der Waals surface area contributed by atoms with E-state index in [2.05, 4.69) is 28.2 Å². The molecule has 2 unspecified atom stereocenters. The zero-order valence-corrected chi connectivity index (χ0v) is 16.1. The van der Waals surface area contributed by atoms with Gasteiger partial charge in [0.2, 0.25) is 0 Å². The molecule has 3 rings (SSSR count). The summed E-state index contributed by atoms with van der Waals surface area (Å²) >= 11 is 1.27. The second kappa shape index (κ2) is 9.56. The molecule has 1 aliphatic heterocycles. The Kier molecular flexibility index (Phi) is 7.44. The fraction of sp³-hybridized carbons (Fsp3) is 0.333. The van der Waals surface area contributed by atoms with Crippen LogP contribution in [0.25, 0.3) is 0 Å². The fourth-order valence-electron chi connectivity index (χ4n) is 2.84. The van der Waals surface area contributed by atoms with E-state index >= 15 is 0 Å². The average molecular weight is 395 g/mol. The topological polar surface area (TPSA) is 82.3 Å². The van der Waals surface area contributed by atoms with Crippen LogP contribution in [-0.2, 0) is 0 Å². The molecule has 1 aromatic heterocycles. The Labute approximate surface area is 163 Å². The zero-order valence-electron chi connectivity index (χ0n) is 14.5. The van der Waals surface area contributed by atoms with Gasteiger partial charge in [-0.3, -0.25) is 10.1 Å². The minimum Gasteiger partial charge on any atom is -0.349 e. The van der Waals surface area contributed by atoms with Gasteiger partial charge < -0.3 is 16.0 Å². The van der Waals surface area contributed by atoms with Crippen LogP contribution in [0, 0.1) is 0 Å². The molecule has 1 fully saturated rings. The van der Waals surface area contributed by atoms with Gasteiger partial charge in [0.1, 0.15) is 0 Å². The first-order valence-electron chi connectivity index (χ1n) is 8.37. The summed E-state index contributed by atoms with van der Waals surface area (Å²) in [5.41, 5.74) is 0.717. The molecule has 1 saturated heterocycles. The summed E-state index contributed by atoms with van der Waals surface area (Å²) < 4.78 is 0. The molecule has 2 heterocycles.